The van der Waals surface area contributed by atoms with Gasteiger partial charge >= 0.3 is 21.0 Å². The minimum absolute atomic E-state index is 0.205. The summed E-state index contributed by atoms with van der Waals surface area (Å²) in [6.07, 6.45) is 9.59. The Labute approximate surface area is 171 Å². The highest BCUT2D eigenvalue weighted by molar-refractivity contribution is 6.60. The Morgan fingerprint density at radius 1 is 0.821 bits per heavy atom. The molecule has 0 bridgehead atoms. The van der Waals surface area contributed by atoms with Gasteiger partial charge in [-0.15, -0.1) is 0 Å². The van der Waals surface area contributed by atoms with Crippen LogP contribution in [0.1, 0.15) is 64.7 Å². The van der Waals surface area contributed by atoms with E-state index in [0.717, 1.165) is 38.5 Å². The van der Waals surface area contributed by atoms with Crippen LogP contribution in [0.5, 0.6) is 0 Å². The monoisotopic (exact) mass is 420 g/mol. The van der Waals surface area contributed by atoms with Gasteiger partial charge in [0.2, 0.25) is 0 Å². The van der Waals surface area contributed by atoms with Crippen molar-refractivity contribution in [3.63, 3.8) is 0 Å². The summed E-state index contributed by atoms with van der Waals surface area (Å²) in [5.41, 5.74) is 5.01. The average Bonchev–Trinajstić information content (AvgIpc) is 2.69. The van der Waals surface area contributed by atoms with E-state index in [1.54, 1.807) is 4.57 Å². The molecule has 0 aliphatic rings. The van der Waals surface area contributed by atoms with Crippen LogP contribution < -0.4 is 16.4 Å². The third-order valence-corrected chi connectivity index (χ3v) is 7.11. The largest absolute Gasteiger partial charge is 0.636 e. The molecule has 0 heterocycles. The molecule has 0 saturated heterocycles. The van der Waals surface area contributed by atoms with Gasteiger partial charge < -0.3 is 29.6 Å². The maximum atomic E-state index is 12.5. The van der Waals surface area contributed by atoms with E-state index < -0.39 is 15.0 Å². The van der Waals surface area contributed by atoms with E-state index in [1.807, 2.05) is 6.92 Å². The highest BCUT2D eigenvalue weighted by Gasteiger charge is 2.49. The van der Waals surface area contributed by atoms with Gasteiger partial charge in [0.05, 0.1) is 0 Å². The molecular formula is C18H40N4O5Si. The number of rotatable bonds is 17. The van der Waals surface area contributed by atoms with E-state index in [1.165, 1.54) is 40.6 Å². The summed E-state index contributed by atoms with van der Waals surface area (Å²) >= 11 is 0. The Balaban J connectivity index is 3.88. The Morgan fingerprint density at radius 3 is 1.64 bits per heavy atom. The number of carbonyl (C=O) groups is 2. The zero-order chi connectivity index (χ0) is 21.3. The van der Waals surface area contributed by atoms with E-state index in [-0.39, 0.29) is 6.03 Å². The first-order valence-electron chi connectivity index (χ1n) is 10.2. The second kappa shape index (κ2) is 16.6. The van der Waals surface area contributed by atoms with Crippen LogP contribution in [0.3, 0.4) is 0 Å². The molecule has 0 aromatic rings. The molecule has 0 aromatic heterocycles. The molecular weight excluding hydrogens is 380 g/mol. The van der Waals surface area contributed by atoms with Crippen molar-refractivity contribution in [3.05, 3.63) is 0 Å². The molecule has 4 amide bonds. The standard InChI is InChI=1S/C18H40N4O5Si/c1-5-16-22(28(25-2,26-3)27-4)18(24)21-15-13-11-9-7-6-8-10-12-14-20-17(19)23/h5-16H2,1-4H3,(H,21,24)(H3,19,20,23). The van der Waals surface area contributed by atoms with Gasteiger partial charge in [-0.2, -0.15) is 0 Å². The molecule has 0 rings (SSSR count). The number of hydrogen-bond donors (Lipinski definition) is 3. The fourth-order valence-corrected chi connectivity index (χ4v) is 4.97. The number of primary amides is 1. The molecule has 4 N–H and O–H groups in total. The van der Waals surface area contributed by atoms with Gasteiger partial charge in [0, 0.05) is 41.0 Å². The lowest BCUT2D eigenvalue weighted by atomic mass is 10.1. The van der Waals surface area contributed by atoms with Crippen molar-refractivity contribution in [1.82, 2.24) is 15.2 Å². The van der Waals surface area contributed by atoms with E-state index in [0.29, 0.717) is 19.6 Å². The zero-order valence-electron chi connectivity index (χ0n) is 18.1. The highest BCUT2D eigenvalue weighted by Crippen LogP contribution is 2.14. The van der Waals surface area contributed by atoms with Gasteiger partial charge in [0.1, 0.15) is 0 Å². The van der Waals surface area contributed by atoms with E-state index >= 15 is 0 Å². The molecule has 9 nitrogen and oxygen atoms in total. The molecule has 0 saturated carbocycles. The molecule has 0 spiro atoms. The number of nitrogens with zero attached hydrogens (tertiary/aromatic N) is 1. The second-order valence-corrected chi connectivity index (χ2v) is 9.45. The lowest BCUT2D eigenvalue weighted by molar-refractivity contribution is 0.0682. The maximum Gasteiger partial charge on any atom is 0.636 e. The normalized spacial score (nSPS) is 11.3. The summed E-state index contributed by atoms with van der Waals surface area (Å²) in [6, 6.07) is -0.659. The first kappa shape index (κ1) is 26.6. The smallest absolute Gasteiger partial charge is 0.360 e. The average molecular weight is 421 g/mol. The van der Waals surface area contributed by atoms with E-state index in [9.17, 15) is 9.59 Å². The zero-order valence-corrected chi connectivity index (χ0v) is 19.1. The van der Waals surface area contributed by atoms with Crippen LogP contribution in [0.25, 0.3) is 0 Å². The minimum atomic E-state index is -3.15. The molecule has 0 fully saturated rings. The molecule has 28 heavy (non-hydrogen) atoms. The predicted octanol–water partition coefficient (Wildman–Crippen LogP) is 2.57. The van der Waals surface area contributed by atoms with Crippen LogP contribution in [0, 0.1) is 0 Å². The molecule has 0 aliphatic heterocycles. The van der Waals surface area contributed by atoms with Crippen molar-refractivity contribution in [2.75, 3.05) is 41.0 Å². The van der Waals surface area contributed by atoms with Crippen LogP contribution in [0.4, 0.5) is 9.59 Å². The third-order valence-electron chi connectivity index (χ3n) is 4.48. The molecule has 10 heteroatoms. The fraction of sp³-hybridized carbons (Fsp3) is 0.889. The summed E-state index contributed by atoms with van der Waals surface area (Å²) in [5.74, 6) is 0. The maximum absolute atomic E-state index is 12.5. The van der Waals surface area contributed by atoms with Crippen LogP contribution in [-0.4, -0.2) is 66.6 Å². The highest BCUT2D eigenvalue weighted by atomic mass is 28.4. The number of amides is 4. The summed E-state index contributed by atoms with van der Waals surface area (Å²) in [4.78, 5) is 23.1. The summed E-state index contributed by atoms with van der Waals surface area (Å²) < 4.78 is 17.8. The van der Waals surface area contributed by atoms with Gasteiger partial charge in [-0.3, -0.25) is 4.57 Å². The molecule has 0 aliphatic carbocycles. The molecule has 0 radical (unpaired) electrons. The fourth-order valence-electron chi connectivity index (χ4n) is 2.98. The third kappa shape index (κ3) is 10.8. The summed E-state index contributed by atoms with van der Waals surface area (Å²) in [5, 5.41) is 5.54. The van der Waals surface area contributed by atoms with Gasteiger partial charge in [-0.25, -0.2) is 9.59 Å². The van der Waals surface area contributed by atoms with Crippen LogP contribution in [-0.2, 0) is 13.3 Å². The number of hydrogen-bond acceptors (Lipinski definition) is 5. The van der Waals surface area contributed by atoms with Gasteiger partial charge in [0.25, 0.3) is 0 Å². The number of nitrogens with two attached hydrogens (primary N) is 1. The van der Waals surface area contributed by atoms with Gasteiger partial charge in [0.15, 0.2) is 0 Å². The van der Waals surface area contributed by atoms with Gasteiger partial charge in [-0.05, 0) is 19.3 Å². The summed E-state index contributed by atoms with van der Waals surface area (Å²) in [6.45, 7) is 3.79. The Morgan fingerprint density at radius 2 is 1.25 bits per heavy atom. The van der Waals surface area contributed by atoms with Crippen molar-refractivity contribution in [2.45, 2.75) is 64.7 Å². The Hall–Kier alpha value is -1.36. The first-order chi connectivity index (χ1) is 13.5. The first-order valence-corrected chi connectivity index (χ1v) is 11.9. The van der Waals surface area contributed by atoms with Crippen molar-refractivity contribution < 1.29 is 22.9 Å². The molecule has 166 valence electrons. The molecule has 0 unspecified atom stereocenters. The quantitative estimate of drug-likeness (QED) is 0.247. The topological polar surface area (TPSA) is 115 Å². The van der Waals surface area contributed by atoms with Crippen LogP contribution >= 0.6 is 0 Å². The second-order valence-electron chi connectivity index (χ2n) is 6.64. The van der Waals surface area contributed by atoms with Crippen LogP contribution in [0.2, 0.25) is 0 Å². The van der Waals surface area contributed by atoms with Crippen molar-refractivity contribution in [3.8, 4) is 0 Å². The number of urea groups is 2. The lowest BCUT2D eigenvalue weighted by Crippen LogP contribution is -2.64. The Kier molecular flexibility index (Phi) is 15.8. The Bertz CT molecular complexity index is 417. The van der Waals surface area contributed by atoms with E-state index in [2.05, 4.69) is 10.6 Å². The number of unbranched alkanes of at least 4 members (excludes halogenated alkanes) is 7. The van der Waals surface area contributed by atoms with E-state index in [4.69, 9.17) is 19.0 Å². The number of nitrogens with one attached hydrogen (secondary N) is 2. The van der Waals surface area contributed by atoms with Crippen molar-refractivity contribution in [1.29, 1.82) is 0 Å². The van der Waals surface area contributed by atoms with Crippen molar-refractivity contribution in [2.24, 2.45) is 5.73 Å². The van der Waals surface area contributed by atoms with Crippen LogP contribution in [0.15, 0.2) is 0 Å². The minimum Gasteiger partial charge on any atom is -0.360 e. The number of carbonyl (C=O) groups excluding carboxylic acids is 2. The molecule has 0 atom stereocenters. The summed E-state index contributed by atoms with van der Waals surface area (Å²) in [7, 11) is 1.36. The SMILES string of the molecule is CCCN(C(=O)NCCCCCCCCCCNC(N)=O)[Si](OC)(OC)OC. The lowest BCUT2D eigenvalue weighted by Gasteiger charge is -2.34. The molecule has 0 aromatic carbocycles. The predicted molar refractivity (Wildman–Crippen MR) is 112 cm³/mol. The van der Waals surface area contributed by atoms with Crippen molar-refractivity contribution >= 4 is 21.0 Å². The van der Waals surface area contributed by atoms with Gasteiger partial charge in [-0.1, -0.05) is 45.4 Å².